The Balaban J connectivity index is 2.39. The molecule has 6 heteroatoms. The van der Waals surface area contributed by atoms with Gasteiger partial charge in [-0.15, -0.1) is 16.8 Å². The summed E-state index contributed by atoms with van der Waals surface area (Å²) in [4.78, 5) is 0. The fraction of sp³-hybridized carbons (Fsp3) is 0.154. The fourth-order valence-corrected chi connectivity index (χ4v) is 2.47. The van der Waals surface area contributed by atoms with E-state index in [1.165, 1.54) is 11.8 Å². The summed E-state index contributed by atoms with van der Waals surface area (Å²) in [6, 6.07) is 9.97. The second-order valence-electron chi connectivity index (χ2n) is 3.66. The Morgan fingerprint density at radius 1 is 1.37 bits per heavy atom. The number of hydrogen-bond acceptors (Lipinski definition) is 4. The van der Waals surface area contributed by atoms with E-state index < -0.39 is 0 Å². The summed E-state index contributed by atoms with van der Waals surface area (Å²) in [5, 5.41) is 17.7. The molecule has 0 atom stereocenters. The molecule has 0 aliphatic carbocycles. The van der Waals surface area contributed by atoms with Gasteiger partial charge < -0.3 is 0 Å². The van der Waals surface area contributed by atoms with Crippen LogP contribution >= 0.6 is 27.7 Å². The predicted octanol–water partition coefficient (Wildman–Crippen LogP) is 3.51. The standard InChI is InChI=1S/C13H11BrN4S/c1-2-8-18-12(10-3-5-11(14)6-4-10)16-17-13(18)19-9-7-15/h2-6H,1,8-9H2. The summed E-state index contributed by atoms with van der Waals surface area (Å²) in [5.74, 6) is 1.14. The van der Waals surface area contributed by atoms with Crippen molar-refractivity contribution in [1.29, 1.82) is 5.26 Å². The average molecular weight is 335 g/mol. The minimum absolute atomic E-state index is 0.357. The number of rotatable bonds is 5. The third-order valence-corrected chi connectivity index (χ3v) is 3.76. The van der Waals surface area contributed by atoms with Gasteiger partial charge in [0.05, 0.1) is 11.8 Å². The van der Waals surface area contributed by atoms with Gasteiger partial charge in [-0.1, -0.05) is 45.9 Å². The van der Waals surface area contributed by atoms with E-state index in [9.17, 15) is 0 Å². The first-order valence-corrected chi connectivity index (χ1v) is 7.34. The van der Waals surface area contributed by atoms with Crippen LogP contribution in [0.3, 0.4) is 0 Å². The van der Waals surface area contributed by atoms with E-state index in [1.54, 1.807) is 6.08 Å². The maximum Gasteiger partial charge on any atom is 0.192 e. The molecule has 0 fully saturated rings. The lowest BCUT2D eigenvalue weighted by molar-refractivity contribution is 0.732. The summed E-state index contributed by atoms with van der Waals surface area (Å²) in [7, 11) is 0. The van der Waals surface area contributed by atoms with E-state index in [0.717, 1.165) is 21.0 Å². The molecule has 4 nitrogen and oxygen atoms in total. The van der Waals surface area contributed by atoms with Crippen LogP contribution in [-0.2, 0) is 6.54 Å². The van der Waals surface area contributed by atoms with Crippen molar-refractivity contribution in [3.8, 4) is 17.5 Å². The third kappa shape index (κ3) is 3.25. The van der Waals surface area contributed by atoms with Gasteiger partial charge in [-0.25, -0.2) is 0 Å². The van der Waals surface area contributed by atoms with Gasteiger partial charge in [-0.2, -0.15) is 5.26 Å². The minimum atomic E-state index is 0.357. The van der Waals surface area contributed by atoms with Gasteiger partial charge in [-0.05, 0) is 12.1 Å². The third-order valence-electron chi connectivity index (χ3n) is 2.40. The Morgan fingerprint density at radius 3 is 2.74 bits per heavy atom. The lowest BCUT2D eigenvalue weighted by atomic mass is 10.2. The van der Waals surface area contributed by atoms with Crippen LogP contribution in [0.1, 0.15) is 0 Å². The fourth-order valence-electron chi connectivity index (χ4n) is 1.60. The lowest BCUT2D eigenvalue weighted by Gasteiger charge is -2.06. The Kier molecular flexibility index (Phi) is 4.77. The molecule has 1 heterocycles. The average Bonchev–Trinajstić information content (AvgIpc) is 2.81. The quantitative estimate of drug-likeness (QED) is 0.620. The summed E-state index contributed by atoms with van der Waals surface area (Å²) >= 11 is 4.78. The molecule has 1 aromatic carbocycles. The number of nitrogens with zero attached hydrogens (tertiary/aromatic N) is 4. The number of thioether (sulfide) groups is 1. The lowest BCUT2D eigenvalue weighted by Crippen LogP contribution is -2.00. The number of halogens is 1. The molecule has 0 N–H and O–H groups in total. The van der Waals surface area contributed by atoms with E-state index in [2.05, 4.69) is 38.8 Å². The molecule has 0 amide bonds. The van der Waals surface area contributed by atoms with Crippen molar-refractivity contribution in [3.05, 3.63) is 41.4 Å². The monoisotopic (exact) mass is 334 g/mol. The summed E-state index contributed by atoms with van der Waals surface area (Å²) in [6.45, 7) is 4.36. The van der Waals surface area contributed by atoms with Crippen LogP contribution in [0.5, 0.6) is 0 Å². The normalized spacial score (nSPS) is 10.1. The molecular weight excluding hydrogens is 324 g/mol. The second-order valence-corrected chi connectivity index (χ2v) is 5.52. The Hall–Kier alpha value is -1.58. The zero-order chi connectivity index (χ0) is 13.7. The van der Waals surface area contributed by atoms with Crippen LogP contribution in [0.4, 0.5) is 0 Å². The largest absolute Gasteiger partial charge is 0.298 e. The first kappa shape index (κ1) is 13.8. The Morgan fingerprint density at radius 2 is 2.11 bits per heavy atom. The molecule has 0 radical (unpaired) electrons. The van der Waals surface area contributed by atoms with Crippen LogP contribution in [0, 0.1) is 11.3 Å². The molecule has 0 spiro atoms. The predicted molar refractivity (Wildman–Crippen MR) is 79.7 cm³/mol. The molecule has 1 aromatic heterocycles. The van der Waals surface area contributed by atoms with Gasteiger partial charge in [-0.3, -0.25) is 4.57 Å². The van der Waals surface area contributed by atoms with E-state index in [4.69, 9.17) is 5.26 Å². The number of benzene rings is 1. The van der Waals surface area contributed by atoms with E-state index in [1.807, 2.05) is 28.8 Å². The van der Waals surface area contributed by atoms with Gasteiger partial charge in [0.2, 0.25) is 0 Å². The first-order valence-electron chi connectivity index (χ1n) is 5.56. The van der Waals surface area contributed by atoms with Gasteiger partial charge in [0, 0.05) is 16.6 Å². The smallest absolute Gasteiger partial charge is 0.192 e. The molecule has 0 saturated heterocycles. The van der Waals surface area contributed by atoms with Crippen molar-refractivity contribution in [2.75, 3.05) is 5.75 Å². The van der Waals surface area contributed by atoms with Gasteiger partial charge in [0.15, 0.2) is 11.0 Å². The summed E-state index contributed by atoms with van der Waals surface area (Å²) in [5.41, 5.74) is 0.987. The van der Waals surface area contributed by atoms with Gasteiger partial charge >= 0.3 is 0 Å². The molecule has 2 aromatic rings. The topological polar surface area (TPSA) is 54.5 Å². The second kappa shape index (κ2) is 6.55. The molecular formula is C13H11BrN4S. The van der Waals surface area contributed by atoms with E-state index in [-0.39, 0.29) is 0 Å². The van der Waals surface area contributed by atoms with Gasteiger partial charge in [0.1, 0.15) is 0 Å². The molecule has 0 aliphatic rings. The highest BCUT2D eigenvalue weighted by molar-refractivity contribution is 9.10. The Bertz CT molecular complexity index is 613. The van der Waals surface area contributed by atoms with E-state index in [0.29, 0.717) is 12.3 Å². The molecule has 0 saturated carbocycles. The van der Waals surface area contributed by atoms with Crippen LogP contribution in [0.15, 0.2) is 46.5 Å². The molecule has 19 heavy (non-hydrogen) atoms. The summed E-state index contributed by atoms with van der Waals surface area (Å²) in [6.07, 6.45) is 1.79. The zero-order valence-corrected chi connectivity index (χ0v) is 12.5. The first-order chi connectivity index (χ1) is 9.26. The van der Waals surface area contributed by atoms with Crippen LogP contribution in [0.25, 0.3) is 11.4 Å². The highest BCUT2D eigenvalue weighted by atomic mass is 79.9. The molecule has 0 aliphatic heterocycles. The van der Waals surface area contributed by atoms with Crippen molar-refractivity contribution in [3.63, 3.8) is 0 Å². The molecule has 2 rings (SSSR count). The van der Waals surface area contributed by atoms with E-state index >= 15 is 0 Å². The van der Waals surface area contributed by atoms with Crippen LogP contribution < -0.4 is 0 Å². The zero-order valence-electron chi connectivity index (χ0n) is 10.1. The Labute approximate surface area is 124 Å². The van der Waals surface area contributed by atoms with Gasteiger partial charge in [0.25, 0.3) is 0 Å². The number of aromatic nitrogens is 3. The molecule has 96 valence electrons. The highest BCUT2D eigenvalue weighted by Crippen LogP contribution is 2.25. The minimum Gasteiger partial charge on any atom is -0.298 e. The van der Waals surface area contributed by atoms with Crippen LogP contribution in [0.2, 0.25) is 0 Å². The van der Waals surface area contributed by atoms with Crippen LogP contribution in [-0.4, -0.2) is 20.5 Å². The maximum atomic E-state index is 8.65. The van der Waals surface area contributed by atoms with Crippen molar-refractivity contribution < 1.29 is 0 Å². The SMILES string of the molecule is C=CCn1c(SCC#N)nnc1-c1ccc(Br)cc1. The maximum absolute atomic E-state index is 8.65. The van der Waals surface area contributed by atoms with Crippen molar-refractivity contribution in [1.82, 2.24) is 14.8 Å². The number of allylic oxidation sites excluding steroid dienone is 1. The van der Waals surface area contributed by atoms with Crippen molar-refractivity contribution >= 4 is 27.7 Å². The van der Waals surface area contributed by atoms with Crippen molar-refractivity contribution in [2.24, 2.45) is 0 Å². The highest BCUT2D eigenvalue weighted by Gasteiger charge is 2.13. The number of nitriles is 1. The summed E-state index contributed by atoms with van der Waals surface area (Å²) < 4.78 is 2.98. The molecule has 0 bridgehead atoms. The van der Waals surface area contributed by atoms with Crippen molar-refractivity contribution in [2.45, 2.75) is 11.7 Å². The number of hydrogen-bond donors (Lipinski definition) is 0. The molecule has 0 unspecified atom stereocenters.